The number of rotatable bonds is 2. The van der Waals surface area contributed by atoms with Gasteiger partial charge in [0.05, 0.1) is 5.56 Å². The van der Waals surface area contributed by atoms with E-state index < -0.39 is 5.92 Å². The lowest BCUT2D eigenvalue weighted by atomic mass is 9.83. The van der Waals surface area contributed by atoms with Gasteiger partial charge in [-0.05, 0) is 30.5 Å². The van der Waals surface area contributed by atoms with E-state index in [1.807, 2.05) is 24.3 Å². The summed E-state index contributed by atoms with van der Waals surface area (Å²) < 4.78 is 32.9. The lowest BCUT2D eigenvalue weighted by Crippen LogP contribution is -2.23. The van der Waals surface area contributed by atoms with Crippen LogP contribution in [0.5, 0.6) is 0 Å². The summed E-state index contributed by atoms with van der Waals surface area (Å²) in [5.41, 5.74) is 7.53. The second kappa shape index (κ2) is 5.40. The maximum atomic E-state index is 13.3. The fourth-order valence-corrected chi connectivity index (χ4v) is 3.23. The molecule has 1 heterocycles. The molecular weight excluding hydrogens is 342 g/mol. The minimum atomic E-state index is -2.56. The van der Waals surface area contributed by atoms with E-state index in [-0.39, 0.29) is 18.8 Å². The van der Waals surface area contributed by atoms with Gasteiger partial charge >= 0.3 is 0 Å². The first-order valence-corrected chi connectivity index (χ1v) is 7.64. The van der Waals surface area contributed by atoms with Crippen molar-refractivity contribution in [2.75, 3.05) is 5.73 Å². The zero-order chi connectivity index (χ0) is 15.0. The number of nitrogen functional groups attached to an aromatic ring is 1. The zero-order valence-corrected chi connectivity index (χ0v) is 12.9. The molecule has 0 aliphatic heterocycles. The molecule has 0 bridgehead atoms. The van der Waals surface area contributed by atoms with Crippen molar-refractivity contribution in [3.05, 3.63) is 34.5 Å². The zero-order valence-electron chi connectivity index (χ0n) is 11.3. The number of benzene rings is 1. The Labute approximate surface area is 129 Å². The van der Waals surface area contributed by atoms with Gasteiger partial charge in [0.2, 0.25) is 5.92 Å². The number of aromatic nitrogens is 1. The summed E-state index contributed by atoms with van der Waals surface area (Å²) in [7, 11) is 0. The van der Waals surface area contributed by atoms with Gasteiger partial charge in [0.25, 0.3) is 0 Å². The molecule has 1 saturated carbocycles. The van der Waals surface area contributed by atoms with E-state index in [1.54, 1.807) is 0 Å². The Morgan fingerprint density at radius 3 is 2.67 bits per heavy atom. The van der Waals surface area contributed by atoms with Crippen molar-refractivity contribution < 1.29 is 13.3 Å². The molecule has 0 atom stereocenters. The maximum absolute atomic E-state index is 13.3. The van der Waals surface area contributed by atoms with Gasteiger partial charge in [0.15, 0.2) is 5.82 Å². The Kier molecular flexibility index (Phi) is 3.73. The number of hydrogen-bond acceptors (Lipinski definition) is 3. The van der Waals surface area contributed by atoms with Gasteiger partial charge in [-0.25, -0.2) is 8.78 Å². The third kappa shape index (κ3) is 2.95. The second-order valence-corrected chi connectivity index (χ2v) is 6.36. The quantitative estimate of drug-likeness (QED) is 0.825. The van der Waals surface area contributed by atoms with Crippen molar-refractivity contribution in [3.8, 4) is 11.1 Å². The molecule has 0 amide bonds. The molecule has 1 aliphatic rings. The highest BCUT2D eigenvalue weighted by Crippen LogP contribution is 2.45. The van der Waals surface area contributed by atoms with Crippen molar-refractivity contribution in [1.29, 1.82) is 0 Å². The third-order valence-corrected chi connectivity index (χ3v) is 4.44. The molecule has 1 fully saturated rings. The Morgan fingerprint density at radius 2 is 2.00 bits per heavy atom. The van der Waals surface area contributed by atoms with Crippen LogP contribution >= 0.6 is 15.9 Å². The van der Waals surface area contributed by atoms with Gasteiger partial charge in [0, 0.05) is 23.2 Å². The van der Waals surface area contributed by atoms with Crippen LogP contribution in [0.1, 0.15) is 37.4 Å². The average Bonchev–Trinajstić information content (AvgIpc) is 2.80. The van der Waals surface area contributed by atoms with Crippen molar-refractivity contribution in [1.82, 2.24) is 5.16 Å². The number of hydrogen-bond donors (Lipinski definition) is 1. The topological polar surface area (TPSA) is 52.0 Å². The molecule has 1 aliphatic carbocycles. The predicted molar refractivity (Wildman–Crippen MR) is 80.2 cm³/mol. The average molecular weight is 357 g/mol. The molecule has 21 heavy (non-hydrogen) atoms. The fraction of sp³-hybridized carbons (Fsp3) is 0.400. The Morgan fingerprint density at radius 1 is 1.29 bits per heavy atom. The Balaban J connectivity index is 1.95. The van der Waals surface area contributed by atoms with Gasteiger partial charge in [-0.2, -0.15) is 0 Å². The molecule has 1 aromatic carbocycles. The molecule has 6 heteroatoms. The summed E-state index contributed by atoms with van der Waals surface area (Å²) in [5.74, 6) is -1.68. The molecule has 2 N–H and O–H groups in total. The third-order valence-electron chi connectivity index (χ3n) is 3.95. The highest BCUT2D eigenvalue weighted by Gasteiger charge is 2.38. The van der Waals surface area contributed by atoms with Crippen LogP contribution in [-0.4, -0.2) is 11.1 Å². The summed E-state index contributed by atoms with van der Waals surface area (Å²) in [4.78, 5) is 0. The highest BCUT2D eigenvalue weighted by molar-refractivity contribution is 9.10. The Hall–Kier alpha value is -1.43. The van der Waals surface area contributed by atoms with E-state index in [2.05, 4.69) is 21.1 Å². The number of alkyl halides is 2. The minimum Gasteiger partial charge on any atom is -0.380 e. The molecule has 0 saturated heterocycles. The monoisotopic (exact) mass is 356 g/mol. The van der Waals surface area contributed by atoms with Gasteiger partial charge in [0.1, 0.15) is 5.76 Å². The number of nitrogens with two attached hydrogens (primary N) is 1. The van der Waals surface area contributed by atoms with E-state index in [9.17, 15) is 8.78 Å². The van der Waals surface area contributed by atoms with E-state index in [0.717, 1.165) is 15.6 Å². The van der Waals surface area contributed by atoms with Crippen LogP contribution in [0.3, 0.4) is 0 Å². The summed E-state index contributed by atoms with van der Waals surface area (Å²) in [5, 5.41) is 3.83. The Bertz CT molecular complexity index is 647. The summed E-state index contributed by atoms with van der Waals surface area (Å²) in [6.07, 6.45) is 0.553. The van der Waals surface area contributed by atoms with Crippen LogP contribution in [0.25, 0.3) is 11.1 Å². The van der Waals surface area contributed by atoms with Crippen LogP contribution in [0.2, 0.25) is 0 Å². The smallest absolute Gasteiger partial charge is 0.248 e. The van der Waals surface area contributed by atoms with Gasteiger partial charge in [-0.1, -0.05) is 33.2 Å². The first-order chi connectivity index (χ1) is 9.96. The molecule has 0 unspecified atom stereocenters. The van der Waals surface area contributed by atoms with E-state index >= 15 is 0 Å². The lowest BCUT2D eigenvalue weighted by molar-refractivity contribution is -0.0398. The van der Waals surface area contributed by atoms with Crippen LogP contribution < -0.4 is 5.73 Å². The maximum Gasteiger partial charge on any atom is 0.248 e. The van der Waals surface area contributed by atoms with Crippen LogP contribution in [0.15, 0.2) is 33.3 Å². The minimum absolute atomic E-state index is 0.0524. The predicted octanol–water partition coefficient (Wildman–Crippen LogP) is 4.98. The van der Waals surface area contributed by atoms with E-state index in [1.165, 1.54) is 0 Å². The summed E-state index contributed by atoms with van der Waals surface area (Å²) in [6, 6.07) is 7.64. The van der Waals surface area contributed by atoms with Gasteiger partial charge in [-0.15, -0.1) is 0 Å². The van der Waals surface area contributed by atoms with E-state index in [0.29, 0.717) is 24.4 Å². The van der Waals surface area contributed by atoms with Crippen LogP contribution in [0, 0.1) is 0 Å². The normalized spacial score (nSPS) is 18.8. The van der Waals surface area contributed by atoms with Crippen molar-refractivity contribution in [2.45, 2.75) is 37.5 Å². The largest absolute Gasteiger partial charge is 0.380 e. The first-order valence-electron chi connectivity index (χ1n) is 6.85. The van der Waals surface area contributed by atoms with Crippen molar-refractivity contribution in [2.24, 2.45) is 0 Å². The second-order valence-electron chi connectivity index (χ2n) is 5.45. The molecule has 112 valence electrons. The molecule has 0 spiro atoms. The molecule has 1 aromatic heterocycles. The number of anilines is 1. The highest BCUT2D eigenvalue weighted by atomic mass is 79.9. The van der Waals surface area contributed by atoms with Crippen molar-refractivity contribution >= 4 is 21.7 Å². The van der Waals surface area contributed by atoms with E-state index in [4.69, 9.17) is 10.3 Å². The first kappa shape index (κ1) is 14.5. The van der Waals surface area contributed by atoms with Crippen molar-refractivity contribution in [3.63, 3.8) is 0 Å². The molecule has 0 radical (unpaired) electrons. The van der Waals surface area contributed by atoms with Gasteiger partial charge < -0.3 is 10.3 Å². The molecule has 2 aromatic rings. The summed E-state index contributed by atoms with van der Waals surface area (Å²) >= 11 is 3.42. The van der Waals surface area contributed by atoms with Crippen LogP contribution in [-0.2, 0) is 0 Å². The number of halogens is 3. The number of nitrogens with zero attached hydrogens (tertiary/aromatic N) is 1. The lowest BCUT2D eigenvalue weighted by Gasteiger charge is -2.27. The molecular formula is C15H15BrF2N2O. The van der Waals surface area contributed by atoms with Crippen LogP contribution in [0.4, 0.5) is 14.6 Å². The molecule has 3 rings (SSSR count). The SMILES string of the molecule is Nc1noc(C2CCC(F)(F)CC2)c1-c1cccc(Br)c1. The fourth-order valence-electron chi connectivity index (χ4n) is 2.83. The summed E-state index contributed by atoms with van der Waals surface area (Å²) in [6.45, 7) is 0. The molecule has 3 nitrogen and oxygen atoms in total. The van der Waals surface area contributed by atoms with Gasteiger partial charge in [-0.3, -0.25) is 0 Å². The standard InChI is InChI=1S/C15H15BrF2N2O/c16-11-3-1-2-10(8-11)12-13(21-20-14(12)19)9-4-6-15(17,18)7-5-9/h1-3,8-9H,4-7H2,(H2,19,20).